The Labute approximate surface area is 94.2 Å². The van der Waals surface area contributed by atoms with Crippen LogP contribution in [0.5, 0.6) is 5.75 Å². The average Bonchev–Trinajstić information content (AvgIpc) is 2.64. The van der Waals surface area contributed by atoms with Gasteiger partial charge in [-0.3, -0.25) is 0 Å². The van der Waals surface area contributed by atoms with Crippen molar-refractivity contribution in [3.8, 4) is 5.75 Å². The molecule has 2 atom stereocenters. The van der Waals surface area contributed by atoms with Gasteiger partial charge in [-0.25, -0.2) is 4.39 Å². The largest absolute Gasteiger partial charge is 0.497 e. The van der Waals surface area contributed by atoms with Gasteiger partial charge in [0.15, 0.2) is 0 Å². The van der Waals surface area contributed by atoms with Crippen molar-refractivity contribution in [1.29, 1.82) is 0 Å². The lowest BCUT2D eigenvalue weighted by Gasteiger charge is -2.11. The lowest BCUT2D eigenvalue weighted by molar-refractivity contribution is 0.410. The molecule has 0 aliphatic heterocycles. The molecule has 1 nitrogen and oxygen atoms in total. The second-order valence-electron chi connectivity index (χ2n) is 4.03. The number of rotatable bonds is 2. The maximum Gasteiger partial charge on any atom is 0.127 e. The maximum atomic E-state index is 13.3. The molecule has 3 heteroatoms. The molecular formula is C12H14ClFO. The Hall–Kier alpha value is -0.760. The Balaban J connectivity index is 2.24. The fraction of sp³-hybridized carbons (Fsp3) is 0.500. The quantitative estimate of drug-likeness (QED) is 0.702. The van der Waals surface area contributed by atoms with Crippen molar-refractivity contribution in [2.75, 3.05) is 7.11 Å². The second-order valence-corrected chi connectivity index (χ2v) is 4.65. The summed E-state index contributed by atoms with van der Waals surface area (Å²) >= 11 is 6.05. The number of alkyl halides is 1. The van der Waals surface area contributed by atoms with Crippen LogP contribution in [0.1, 0.15) is 30.7 Å². The summed E-state index contributed by atoms with van der Waals surface area (Å²) in [5, 5.41) is 0.240. The first-order valence-electron chi connectivity index (χ1n) is 5.17. The molecule has 0 radical (unpaired) electrons. The van der Waals surface area contributed by atoms with Crippen LogP contribution in [-0.2, 0) is 0 Å². The van der Waals surface area contributed by atoms with Crippen LogP contribution in [0.25, 0.3) is 0 Å². The molecule has 0 amide bonds. The predicted molar refractivity (Wildman–Crippen MR) is 59.2 cm³/mol. The van der Waals surface area contributed by atoms with Crippen molar-refractivity contribution in [3.63, 3.8) is 0 Å². The molecule has 0 spiro atoms. The van der Waals surface area contributed by atoms with Crippen LogP contribution in [-0.4, -0.2) is 12.5 Å². The Morgan fingerprint density at radius 3 is 2.73 bits per heavy atom. The zero-order valence-corrected chi connectivity index (χ0v) is 9.43. The normalized spacial score (nSPS) is 25.5. The summed E-state index contributed by atoms with van der Waals surface area (Å²) in [7, 11) is 1.55. The molecular weight excluding hydrogens is 215 g/mol. The maximum absolute atomic E-state index is 13.3. The fourth-order valence-electron chi connectivity index (χ4n) is 2.17. The standard InChI is InChI=1S/C12H14ClFO/c1-15-12-6-9(5-11(14)7-12)8-2-3-10(13)4-8/h5-8,10H,2-4H2,1H3. The monoisotopic (exact) mass is 228 g/mol. The zero-order valence-electron chi connectivity index (χ0n) is 8.67. The van der Waals surface area contributed by atoms with Crippen molar-refractivity contribution < 1.29 is 9.13 Å². The molecule has 1 aliphatic rings. The third-order valence-corrected chi connectivity index (χ3v) is 3.37. The molecule has 15 heavy (non-hydrogen) atoms. The Kier molecular flexibility index (Phi) is 3.15. The molecule has 2 unspecified atom stereocenters. The van der Waals surface area contributed by atoms with Crippen molar-refractivity contribution in [3.05, 3.63) is 29.6 Å². The molecule has 0 heterocycles. The highest BCUT2D eigenvalue weighted by atomic mass is 35.5. The zero-order chi connectivity index (χ0) is 10.8. The number of hydrogen-bond donors (Lipinski definition) is 0. The highest BCUT2D eigenvalue weighted by molar-refractivity contribution is 6.20. The highest BCUT2D eigenvalue weighted by Gasteiger charge is 2.24. The van der Waals surface area contributed by atoms with E-state index in [1.54, 1.807) is 13.2 Å². The van der Waals surface area contributed by atoms with Crippen LogP contribution >= 0.6 is 11.6 Å². The Bertz CT molecular complexity index is 353. The van der Waals surface area contributed by atoms with Gasteiger partial charge in [0, 0.05) is 11.4 Å². The molecule has 0 aromatic heterocycles. The van der Waals surface area contributed by atoms with E-state index in [9.17, 15) is 4.39 Å². The number of halogens is 2. The van der Waals surface area contributed by atoms with Crippen molar-refractivity contribution >= 4 is 11.6 Å². The van der Waals surface area contributed by atoms with Crippen LogP contribution in [0.3, 0.4) is 0 Å². The second kappa shape index (κ2) is 4.40. The average molecular weight is 229 g/mol. The van der Waals surface area contributed by atoms with E-state index >= 15 is 0 Å². The molecule has 2 rings (SSSR count). The SMILES string of the molecule is COc1cc(F)cc(C2CCC(Cl)C2)c1. The molecule has 82 valence electrons. The van der Waals surface area contributed by atoms with Gasteiger partial charge in [0.1, 0.15) is 11.6 Å². The minimum Gasteiger partial charge on any atom is -0.497 e. The van der Waals surface area contributed by atoms with Crippen LogP contribution < -0.4 is 4.74 Å². The summed E-state index contributed by atoms with van der Waals surface area (Å²) in [5.74, 6) is 0.738. The summed E-state index contributed by atoms with van der Waals surface area (Å²) in [5.41, 5.74) is 1.01. The van der Waals surface area contributed by atoms with Crippen molar-refractivity contribution in [2.24, 2.45) is 0 Å². The van der Waals surface area contributed by atoms with E-state index in [1.807, 2.05) is 6.07 Å². The van der Waals surface area contributed by atoms with Gasteiger partial charge in [0.25, 0.3) is 0 Å². The summed E-state index contributed by atoms with van der Waals surface area (Å²) in [6.07, 6.45) is 3.00. The summed E-state index contributed by atoms with van der Waals surface area (Å²) in [6.45, 7) is 0. The fourth-order valence-corrected chi connectivity index (χ4v) is 2.51. The molecule has 1 saturated carbocycles. The first kappa shape index (κ1) is 10.7. The van der Waals surface area contributed by atoms with E-state index in [-0.39, 0.29) is 11.2 Å². The molecule has 1 fully saturated rings. The van der Waals surface area contributed by atoms with Gasteiger partial charge in [-0.05, 0) is 42.9 Å². The first-order chi connectivity index (χ1) is 7.19. The number of hydrogen-bond acceptors (Lipinski definition) is 1. The van der Waals surface area contributed by atoms with Gasteiger partial charge in [0.05, 0.1) is 7.11 Å². The van der Waals surface area contributed by atoms with Crippen LogP contribution in [0, 0.1) is 5.82 Å². The third-order valence-electron chi connectivity index (χ3n) is 2.97. The van der Waals surface area contributed by atoms with E-state index in [0.29, 0.717) is 11.7 Å². The van der Waals surface area contributed by atoms with Gasteiger partial charge in [-0.15, -0.1) is 11.6 Å². The van der Waals surface area contributed by atoms with E-state index in [4.69, 9.17) is 16.3 Å². The predicted octanol–water partition coefficient (Wildman–Crippen LogP) is 3.71. The molecule has 0 N–H and O–H groups in total. The Morgan fingerprint density at radius 1 is 1.33 bits per heavy atom. The van der Waals surface area contributed by atoms with E-state index in [1.165, 1.54) is 6.07 Å². The van der Waals surface area contributed by atoms with Crippen molar-refractivity contribution in [2.45, 2.75) is 30.6 Å². The summed E-state index contributed by atoms with van der Waals surface area (Å²) in [4.78, 5) is 0. The third kappa shape index (κ3) is 2.43. The van der Waals surface area contributed by atoms with Crippen LogP contribution in [0.2, 0.25) is 0 Å². The van der Waals surface area contributed by atoms with Gasteiger partial charge < -0.3 is 4.74 Å². The molecule has 0 saturated heterocycles. The Morgan fingerprint density at radius 2 is 2.13 bits per heavy atom. The van der Waals surface area contributed by atoms with Crippen LogP contribution in [0.15, 0.2) is 18.2 Å². The van der Waals surface area contributed by atoms with E-state index in [0.717, 1.165) is 24.8 Å². The molecule has 1 aromatic rings. The van der Waals surface area contributed by atoms with Gasteiger partial charge in [-0.1, -0.05) is 0 Å². The minimum absolute atomic E-state index is 0.234. The number of benzene rings is 1. The lowest BCUT2D eigenvalue weighted by atomic mass is 9.97. The van der Waals surface area contributed by atoms with Gasteiger partial charge in [0.2, 0.25) is 0 Å². The molecule has 1 aromatic carbocycles. The molecule has 0 bridgehead atoms. The van der Waals surface area contributed by atoms with Gasteiger partial charge in [-0.2, -0.15) is 0 Å². The minimum atomic E-state index is -0.234. The number of ether oxygens (including phenoxy) is 1. The summed E-state index contributed by atoms with van der Waals surface area (Å²) in [6, 6.07) is 4.89. The topological polar surface area (TPSA) is 9.23 Å². The summed E-state index contributed by atoms with van der Waals surface area (Å²) < 4.78 is 18.3. The van der Waals surface area contributed by atoms with Crippen LogP contribution in [0.4, 0.5) is 4.39 Å². The van der Waals surface area contributed by atoms with E-state index in [2.05, 4.69) is 0 Å². The first-order valence-corrected chi connectivity index (χ1v) is 5.61. The van der Waals surface area contributed by atoms with Gasteiger partial charge >= 0.3 is 0 Å². The smallest absolute Gasteiger partial charge is 0.127 e. The number of methoxy groups -OCH3 is 1. The van der Waals surface area contributed by atoms with E-state index < -0.39 is 0 Å². The van der Waals surface area contributed by atoms with Crippen molar-refractivity contribution in [1.82, 2.24) is 0 Å². The highest BCUT2D eigenvalue weighted by Crippen LogP contribution is 2.38. The molecule has 1 aliphatic carbocycles. The lowest BCUT2D eigenvalue weighted by Crippen LogP contribution is -1.96.